The first-order chi connectivity index (χ1) is 10.0. The van der Waals surface area contributed by atoms with Crippen LogP contribution in [0.15, 0.2) is 12.3 Å². The lowest BCUT2D eigenvalue weighted by Crippen LogP contribution is -2.13. The molecule has 0 atom stereocenters. The Morgan fingerprint density at radius 3 is 2.81 bits per heavy atom. The fourth-order valence-electron chi connectivity index (χ4n) is 2.29. The van der Waals surface area contributed by atoms with E-state index in [0.29, 0.717) is 24.6 Å². The Labute approximate surface area is 122 Å². The molecule has 2 heterocycles. The van der Waals surface area contributed by atoms with Crippen LogP contribution >= 0.6 is 0 Å². The van der Waals surface area contributed by atoms with Gasteiger partial charge >= 0.3 is 5.69 Å². The second-order valence-corrected chi connectivity index (χ2v) is 4.89. The van der Waals surface area contributed by atoms with Crippen molar-refractivity contribution in [2.24, 2.45) is 7.05 Å². The van der Waals surface area contributed by atoms with E-state index in [4.69, 9.17) is 0 Å². The van der Waals surface area contributed by atoms with Crippen molar-refractivity contribution in [1.82, 2.24) is 19.6 Å². The third kappa shape index (κ3) is 3.21. The lowest BCUT2D eigenvalue weighted by atomic mass is 10.3. The van der Waals surface area contributed by atoms with E-state index in [1.165, 1.54) is 0 Å². The molecule has 0 aliphatic heterocycles. The van der Waals surface area contributed by atoms with Gasteiger partial charge < -0.3 is 5.32 Å². The maximum Gasteiger partial charge on any atom is 0.333 e. The molecule has 0 fully saturated rings. The van der Waals surface area contributed by atoms with E-state index in [-0.39, 0.29) is 10.6 Å². The summed E-state index contributed by atoms with van der Waals surface area (Å²) in [4.78, 5) is 10.8. The second kappa shape index (κ2) is 6.38. The van der Waals surface area contributed by atoms with Gasteiger partial charge in [-0.1, -0.05) is 6.92 Å². The van der Waals surface area contributed by atoms with Gasteiger partial charge in [-0.3, -0.25) is 14.8 Å². The minimum absolute atomic E-state index is 0.0634. The zero-order valence-electron chi connectivity index (χ0n) is 12.5. The summed E-state index contributed by atoms with van der Waals surface area (Å²) in [6.45, 7) is 4.93. The van der Waals surface area contributed by atoms with Gasteiger partial charge in [0.15, 0.2) is 0 Å². The zero-order valence-corrected chi connectivity index (χ0v) is 12.5. The number of aryl methyl sites for hydroxylation is 3. The van der Waals surface area contributed by atoms with E-state index in [0.717, 1.165) is 18.5 Å². The first kappa shape index (κ1) is 15.0. The fraction of sp³-hybridized carbons (Fsp3) is 0.538. The van der Waals surface area contributed by atoms with Crippen LogP contribution in [0.2, 0.25) is 0 Å². The Kier molecular flexibility index (Phi) is 4.56. The lowest BCUT2D eigenvalue weighted by Gasteiger charge is -2.08. The molecule has 1 N–H and O–H groups in total. The summed E-state index contributed by atoms with van der Waals surface area (Å²) < 4.78 is 3.47. The first-order valence-corrected chi connectivity index (χ1v) is 6.97. The molecule has 114 valence electrons. The Bertz CT molecular complexity index is 631. The topological polar surface area (TPSA) is 90.8 Å². The molecule has 0 aliphatic carbocycles. The van der Waals surface area contributed by atoms with Gasteiger partial charge in [0.25, 0.3) is 0 Å². The van der Waals surface area contributed by atoms with Crippen molar-refractivity contribution in [3.05, 3.63) is 33.8 Å². The Morgan fingerprint density at radius 1 is 1.48 bits per heavy atom. The van der Waals surface area contributed by atoms with Crippen molar-refractivity contribution >= 4 is 11.5 Å². The van der Waals surface area contributed by atoms with Gasteiger partial charge in [-0.25, -0.2) is 4.68 Å². The minimum Gasteiger partial charge on any atom is -0.364 e. The van der Waals surface area contributed by atoms with Crippen molar-refractivity contribution < 1.29 is 4.92 Å². The highest BCUT2D eigenvalue weighted by atomic mass is 16.6. The molecular weight excluding hydrogens is 272 g/mol. The molecule has 0 unspecified atom stereocenters. The smallest absolute Gasteiger partial charge is 0.333 e. The Hall–Kier alpha value is -2.38. The molecule has 0 bridgehead atoms. The highest BCUT2D eigenvalue weighted by Crippen LogP contribution is 2.28. The molecule has 0 saturated heterocycles. The summed E-state index contributed by atoms with van der Waals surface area (Å²) in [7, 11) is 1.88. The van der Waals surface area contributed by atoms with Gasteiger partial charge in [0, 0.05) is 38.4 Å². The molecule has 8 nitrogen and oxygen atoms in total. The van der Waals surface area contributed by atoms with E-state index in [2.05, 4.69) is 15.5 Å². The van der Waals surface area contributed by atoms with E-state index >= 15 is 0 Å². The van der Waals surface area contributed by atoms with Crippen LogP contribution < -0.4 is 5.32 Å². The monoisotopic (exact) mass is 292 g/mol. The molecule has 0 radical (unpaired) electrons. The third-order valence-electron chi connectivity index (χ3n) is 3.31. The number of nitro groups is 1. The number of hydrogen-bond donors (Lipinski definition) is 1. The predicted octanol–water partition coefficient (Wildman–Crippen LogP) is 1.90. The highest BCUT2D eigenvalue weighted by Gasteiger charge is 2.24. The van der Waals surface area contributed by atoms with Crippen LogP contribution in [0.4, 0.5) is 11.5 Å². The van der Waals surface area contributed by atoms with Crippen LogP contribution in [0.1, 0.15) is 24.7 Å². The first-order valence-electron chi connectivity index (χ1n) is 6.97. The van der Waals surface area contributed by atoms with Gasteiger partial charge in [-0.05, 0) is 19.4 Å². The summed E-state index contributed by atoms with van der Waals surface area (Å²) in [6, 6.07) is 1.94. The van der Waals surface area contributed by atoms with Crippen LogP contribution in [0.5, 0.6) is 0 Å². The van der Waals surface area contributed by atoms with Crippen LogP contribution in [0, 0.1) is 17.0 Å². The molecule has 21 heavy (non-hydrogen) atoms. The van der Waals surface area contributed by atoms with Gasteiger partial charge in [0.05, 0.1) is 4.92 Å². The number of anilines is 1. The quantitative estimate of drug-likeness (QED) is 0.621. The lowest BCUT2D eigenvalue weighted by molar-refractivity contribution is -0.384. The number of rotatable bonds is 7. The predicted molar refractivity (Wildman–Crippen MR) is 79.3 cm³/mol. The summed E-state index contributed by atoms with van der Waals surface area (Å²) >= 11 is 0. The van der Waals surface area contributed by atoms with E-state index in [1.807, 2.05) is 20.0 Å². The average molecular weight is 292 g/mol. The summed E-state index contributed by atoms with van der Waals surface area (Å²) in [6.07, 6.45) is 3.35. The van der Waals surface area contributed by atoms with Crippen LogP contribution in [-0.4, -0.2) is 31.0 Å². The molecule has 2 aromatic rings. The molecule has 2 rings (SSSR count). The summed E-state index contributed by atoms with van der Waals surface area (Å²) in [5.74, 6) is 0.488. The van der Waals surface area contributed by atoms with Gasteiger partial charge in [0.1, 0.15) is 5.69 Å². The standard InChI is InChI=1S/C13H20N6O2/c1-4-9-18-13(12(19(20)21)10(2)16-18)14-7-5-11-6-8-15-17(11)3/h6,8,14H,4-5,7,9H2,1-3H3. The van der Waals surface area contributed by atoms with Crippen molar-refractivity contribution in [3.63, 3.8) is 0 Å². The molecule has 0 aromatic carbocycles. The maximum atomic E-state index is 11.2. The molecular formula is C13H20N6O2. The van der Waals surface area contributed by atoms with Crippen LogP contribution in [0.3, 0.4) is 0 Å². The Morgan fingerprint density at radius 2 is 2.24 bits per heavy atom. The maximum absolute atomic E-state index is 11.2. The van der Waals surface area contributed by atoms with Crippen molar-refractivity contribution in [2.45, 2.75) is 33.2 Å². The average Bonchev–Trinajstić information content (AvgIpc) is 2.95. The summed E-state index contributed by atoms with van der Waals surface area (Å²) in [5, 5.41) is 22.7. The fourth-order valence-corrected chi connectivity index (χ4v) is 2.29. The van der Waals surface area contributed by atoms with E-state index in [1.54, 1.807) is 22.5 Å². The molecule has 0 aliphatic rings. The van der Waals surface area contributed by atoms with Crippen LogP contribution in [0.25, 0.3) is 0 Å². The van der Waals surface area contributed by atoms with Crippen LogP contribution in [-0.2, 0) is 20.0 Å². The molecule has 0 saturated carbocycles. The third-order valence-corrected chi connectivity index (χ3v) is 3.31. The summed E-state index contributed by atoms with van der Waals surface area (Å²) in [5.41, 5.74) is 1.58. The SMILES string of the molecule is CCCn1nc(C)c([N+](=O)[O-])c1NCCc1ccnn1C. The highest BCUT2D eigenvalue weighted by molar-refractivity contribution is 5.59. The van der Waals surface area contributed by atoms with Crippen molar-refractivity contribution in [1.29, 1.82) is 0 Å². The molecule has 0 spiro atoms. The molecule has 0 amide bonds. The number of nitrogens with one attached hydrogen (secondary N) is 1. The molecule has 8 heteroatoms. The second-order valence-electron chi connectivity index (χ2n) is 4.89. The van der Waals surface area contributed by atoms with Gasteiger partial charge in [0.2, 0.25) is 5.82 Å². The van der Waals surface area contributed by atoms with Gasteiger partial charge in [-0.2, -0.15) is 10.2 Å². The largest absolute Gasteiger partial charge is 0.364 e. The zero-order chi connectivity index (χ0) is 15.4. The number of hydrogen-bond acceptors (Lipinski definition) is 5. The number of aromatic nitrogens is 4. The van der Waals surface area contributed by atoms with Crippen molar-refractivity contribution in [3.8, 4) is 0 Å². The normalized spacial score (nSPS) is 10.8. The van der Waals surface area contributed by atoms with E-state index < -0.39 is 0 Å². The number of nitrogens with zero attached hydrogens (tertiary/aromatic N) is 5. The Balaban J connectivity index is 2.14. The van der Waals surface area contributed by atoms with Crippen molar-refractivity contribution in [2.75, 3.05) is 11.9 Å². The minimum atomic E-state index is -0.374. The molecule has 2 aromatic heterocycles. The van der Waals surface area contributed by atoms with Gasteiger partial charge in [-0.15, -0.1) is 0 Å². The van der Waals surface area contributed by atoms with E-state index in [9.17, 15) is 10.1 Å².